The van der Waals surface area contributed by atoms with Crippen LogP contribution in [0.1, 0.15) is 15.9 Å². The number of fused-ring (bicyclic) bond motifs is 1. The molecule has 2 amide bonds. The van der Waals surface area contributed by atoms with E-state index in [9.17, 15) is 9.59 Å². The minimum atomic E-state index is -0.422. The van der Waals surface area contributed by atoms with Gasteiger partial charge in [-0.2, -0.15) is 5.10 Å². The van der Waals surface area contributed by atoms with Crippen LogP contribution < -0.4 is 15.5 Å². The highest BCUT2D eigenvalue weighted by molar-refractivity contribution is 6.00. The highest BCUT2D eigenvalue weighted by Gasteiger charge is 2.12. The van der Waals surface area contributed by atoms with Gasteiger partial charge in [-0.15, -0.1) is 0 Å². The molecule has 0 radical (unpaired) electrons. The summed E-state index contributed by atoms with van der Waals surface area (Å²) in [7, 11) is 1.49. The molecule has 136 valence electrons. The molecule has 27 heavy (non-hydrogen) atoms. The van der Waals surface area contributed by atoms with Crippen LogP contribution in [0.15, 0.2) is 71.8 Å². The number of nitrogens with zero attached hydrogens (tertiary/aromatic N) is 1. The normalized spacial score (nSPS) is 10.7. The largest absolute Gasteiger partial charge is 0.496 e. The van der Waals surface area contributed by atoms with Crippen LogP contribution in [0.25, 0.3) is 10.8 Å². The Morgan fingerprint density at radius 1 is 1.00 bits per heavy atom. The van der Waals surface area contributed by atoms with Gasteiger partial charge in [0.25, 0.3) is 11.8 Å². The molecule has 0 bridgehead atoms. The van der Waals surface area contributed by atoms with Gasteiger partial charge in [-0.25, -0.2) is 5.43 Å². The second-order valence-corrected chi connectivity index (χ2v) is 5.74. The number of carbonyl (C=O) groups excluding carboxylic acids is 2. The van der Waals surface area contributed by atoms with Gasteiger partial charge < -0.3 is 10.1 Å². The molecule has 0 aliphatic heterocycles. The quantitative estimate of drug-likeness (QED) is 0.523. The number of rotatable bonds is 6. The standard InChI is InChI=1S/C21H19N3O3/c1-27-19-12-5-4-11-18(19)21(26)22-14-20(25)24-23-13-16-9-6-8-15-7-2-3-10-17(15)16/h2-13H,14H2,1H3,(H,22,26)(H,24,25). The molecule has 0 aliphatic rings. The van der Waals surface area contributed by atoms with E-state index in [1.165, 1.54) is 7.11 Å². The minimum Gasteiger partial charge on any atom is -0.496 e. The number of nitrogens with one attached hydrogen (secondary N) is 2. The second-order valence-electron chi connectivity index (χ2n) is 5.74. The van der Waals surface area contributed by atoms with Gasteiger partial charge in [0.1, 0.15) is 5.75 Å². The summed E-state index contributed by atoms with van der Waals surface area (Å²) in [6.45, 7) is -0.191. The summed E-state index contributed by atoms with van der Waals surface area (Å²) in [4.78, 5) is 24.1. The molecule has 0 unspecified atom stereocenters. The van der Waals surface area contributed by atoms with Crippen LogP contribution in [0.3, 0.4) is 0 Å². The lowest BCUT2D eigenvalue weighted by molar-refractivity contribution is -0.120. The number of methoxy groups -OCH3 is 1. The first kappa shape index (κ1) is 18.1. The number of carbonyl (C=O) groups is 2. The first-order valence-electron chi connectivity index (χ1n) is 8.40. The molecule has 6 heteroatoms. The van der Waals surface area contributed by atoms with Crippen molar-refractivity contribution in [1.29, 1.82) is 0 Å². The summed E-state index contributed by atoms with van der Waals surface area (Å²) in [6, 6.07) is 20.6. The highest BCUT2D eigenvalue weighted by atomic mass is 16.5. The summed E-state index contributed by atoms with van der Waals surface area (Å²) in [6.07, 6.45) is 1.59. The molecule has 0 aromatic heterocycles. The van der Waals surface area contributed by atoms with Crippen molar-refractivity contribution >= 4 is 28.8 Å². The lowest BCUT2D eigenvalue weighted by Gasteiger charge is -2.08. The van der Waals surface area contributed by atoms with E-state index in [1.807, 2.05) is 42.5 Å². The fourth-order valence-electron chi connectivity index (χ4n) is 2.66. The highest BCUT2D eigenvalue weighted by Crippen LogP contribution is 2.17. The number of hydrogen-bond donors (Lipinski definition) is 2. The Bertz CT molecular complexity index is 993. The number of hydrogen-bond acceptors (Lipinski definition) is 4. The molecule has 0 aliphatic carbocycles. The van der Waals surface area contributed by atoms with Crippen LogP contribution in [0.5, 0.6) is 5.75 Å². The Labute approximate surface area is 156 Å². The number of benzene rings is 3. The van der Waals surface area contributed by atoms with Gasteiger partial charge in [-0.3, -0.25) is 9.59 Å². The molecule has 0 heterocycles. The monoisotopic (exact) mass is 361 g/mol. The SMILES string of the molecule is COc1ccccc1C(=O)NCC(=O)NN=Cc1cccc2ccccc12. The van der Waals surface area contributed by atoms with Crippen molar-refractivity contribution in [1.82, 2.24) is 10.7 Å². The smallest absolute Gasteiger partial charge is 0.259 e. The van der Waals surface area contributed by atoms with Crippen LogP contribution in [-0.2, 0) is 4.79 Å². The average Bonchev–Trinajstić information content (AvgIpc) is 2.72. The predicted octanol–water partition coefficient (Wildman–Crippen LogP) is 2.73. The van der Waals surface area contributed by atoms with Crippen LogP contribution in [0.4, 0.5) is 0 Å². The van der Waals surface area contributed by atoms with Crippen molar-refractivity contribution in [2.75, 3.05) is 13.7 Å². The van der Waals surface area contributed by atoms with Gasteiger partial charge in [-0.05, 0) is 22.9 Å². The fraction of sp³-hybridized carbons (Fsp3) is 0.0952. The molecule has 3 aromatic carbocycles. The third kappa shape index (κ3) is 4.49. The lowest BCUT2D eigenvalue weighted by Crippen LogP contribution is -2.35. The van der Waals surface area contributed by atoms with E-state index < -0.39 is 5.91 Å². The summed E-state index contributed by atoms with van der Waals surface area (Å²) in [5, 5.41) is 8.66. The van der Waals surface area contributed by atoms with E-state index in [-0.39, 0.29) is 12.5 Å². The maximum absolute atomic E-state index is 12.2. The van der Waals surface area contributed by atoms with Crippen LogP contribution in [0.2, 0.25) is 0 Å². The molecule has 0 fully saturated rings. The van der Waals surface area contributed by atoms with Gasteiger partial charge >= 0.3 is 0 Å². The second kappa shape index (κ2) is 8.62. The van der Waals surface area contributed by atoms with Gasteiger partial charge in [-0.1, -0.05) is 54.6 Å². The molecule has 2 N–H and O–H groups in total. The van der Waals surface area contributed by atoms with E-state index in [0.717, 1.165) is 16.3 Å². The Balaban J connectivity index is 1.56. The van der Waals surface area contributed by atoms with Crippen molar-refractivity contribution in [3.05, 3.63) is 77.9 Å². The molecule has 0 spiro atoms. The number of hydrazone groups is 1. The topological polar surface area (TPSA) is 79.8 Å². The van der Waals surface area contributed by atoms with E-state index in [0.29, 0.717) is 11.3 Å². The van der Waals surface area contributed by atoms with E-state index in [4.69, 9.17) is 4.74 Å². The van der Waals surface area contributed by atoms with Crippen molar-refractivity contribution in [3.63, 3.8) is 0 Å². The number of amides is 2. The maximum atomic E-state index is 12.2. The van der Waals surface area contributed by atoms with Crippen molar-refractivity contribution in [2.24, 2.45) is 5.10 Å². The van der Waals surface area contributed by atoms with Crippen molar-refractivity contribution in [3.8, 4) is 5.75 Å². The fourth-order valence-corrected chi connectivity index (χ4v) is 2.66. The lowest BCUT2D eigenvalue weighted by atomic mass is 10.1. The summed E-state index contributed by atoms with van der Waals surface area (Å²) in [5.41, 5.74) is 3.68. The van der Waals surface area contributed by atoms with Crippen LogP contribution in [0, 0.1) is 0 Å². The third-order valence-corrected chi connectivity index (χ3v) is 3.98. The average molecular weight is 361 g/mol. The molecule has 0 saturated heterocycles. The van der Waals surface area contributed by atoms with Crippen molar-refractivity contribution in [2.45, 2.75) is 0 Å². The molecule has 0 saturated carbocycles. The van der Waals surface area contributed by atoms with Crippen LogP contribution >= 0.6 is 0 Å². The molecule has 0 atom stereocenters. The number of ether oxygens (including phenoxy) is 1. The summed E-state index contributed by atoms with van der Waals surface area (Å²) < 4.78 is 5.14. The molecular formula is C21H19N3O3. The van der Waals surface area contributed by atoms with Crippen molar-refractivity contribution < 1.29 is 14.3 Å². The van der Waals surface area contributed by atoms with E-state index in [2.05, 4.69) is 15.8 Å². The predicted molar refractivity (Wildman–Crippen MR) is 105 cm³/mol. The van der Waals surface area contributed by atoms with E-state index >= 15 is 0 Å². The van der Waals surface area contributed by atoms with Gasteiger partial charge in [0.2, 0.25) is 0 Å². The maximum Gasteiger partial charge on any atom is 0.259 e. The third-order valence-electron chi connectivity index (χ3n) is 3.98. The zero-order valence-corrected chi connectivity index (χ0v) is 14.8. The zero-order valence-electron chi connectivity index (χ0n) is 14.8. The van der Waals surface area contributed by atoms with E-state index in [1.54, 1.807) is 30.5 Å². The zero-order chi connectivity index (χ0) is 19.1. The molecule has 6 nitrogen and oxygen atoms in total. The molecular weight excluding hydrogens is 342 g/mol. The van der Waals surface area contributed by atoms with Gasteiger partial charge in [0.15, 0.2) is 0 Å². The summed E-state index contributed by atoms with van der Waals surface area (Å²) >= 11 is 0. The number of para-hydroxylation sites is 1. The molecule has 3 aromatic rings. The first-order valence-corrected chi connectivity index (χ1v) is 8.40. The Morgan fingerprint density at radius 3 is 2.59 bits per heavy atom. The van der Waals surface area contributed by atoms with Gasteiger partial charge in [0.05, 0.1) is 25.4 Å². The summed E-state index contributed by atoms with van der Waals surface area (Å²) in [5.74, 6) is -0.361. The van der Waals surface area contributed by atoms with Crippen LogP contribution in [-0.4, -0.2) is 31.7 Å². The molecule has 3 rings (SSSR count). The minimum absolute atomic E-state index is 0.191. The Kier molecular flexibility index (Phi) is 5.79. The first-order chi connectivity index (χ1) is 13.2. The van der Waals surface area contributed by atoms with Gasteiger partial charge in [0, 0.05) is 5.56 Å². The Morgan fingerprint density at radius 2 is 1.74 bits per heavy atom. The Hall–Kier alpha value is -3.67.